The SMILES string of the molecule is CCc1noc(CSc2nnc(CN)n2C)n1. The molecule has 0 aromatic carbocycles. The number of rotatable bonds is 5. The Bertz CT molecular complexity index is 493. The zero-order valence-corrected chi connectivity index (χ0v) is 10.6. The van der Waals surface area contributed by atoms with E-state index in [-0.39, 0.29) is 0 Å². The highest BCUT2D eigenvalue weighted by Gasteiger charge is 2.10. The summed E-state index contributed by atoms with van der Waals surface area (Å²) in [5.74, 6) is 2.67. The van der Waals surface area contributed by atoms with Crippen LogP contribution in [0.2, 0.25) is 0 Å². The summed E-state index contributed by atoms with van der Waals surface area (Å²) in [6.07, 6.45) is 0.773. The zero-order valence-electron chi connectivity index (χ0n) is 9.75. The first-order valence-electron chi connectivity index (χ1n) is 5.27. The van der Waals surface area contributed by atoms with Crippen LogP contribution in [0.3, 0.4) is 0 Å². The van der Waals surface area contributed by atoms with Crippen molar-refractivity contribution in [3.05, 3.63) is 17.5 Å². The number of thioether (sulfide) groups is 1. The molecule has 0 fully saturated rings. The Morgan fingerprint density at radius 1 is 1.41 bits per heavy atom. The van der Waals surface area contributed by atoms with E-state index in [0.29, 0.717) is 18.2 Å². The second kappa shape index (κ2) is 5.28. The van der Waals surface area contributed by atoms with E-state index >= 15 is 0 Å². The van der Waals surface area contributed by atoms with E-state index in [4.69, 9.17) is 10.3 Å². The number of hydrogen-bond acceptors (Lipinski definition) is 7. The van der Waals surface area contributed by atoms with E-state index in [9.17, 15) is 0 Å². The molecular formula is C9H14N6OS. The largest absolute Gasteiger partial charge is 0.338 e. The molecular weight excluding hydrogens is 240 g/mol. The fraction of sp³-hybridized carbons (Fsp3) is 0.556. The van der Waals surface area contributed by atoms with Gasteiger partial charge in [-0.2, -0.15) is 4.98 Å². The first-order valence-corrected chi connectivity index (χ1v) is 6.25. The maximum atomic E-state index is 5.52. The Balaban J connectivity index is 1.99. The third-order valence-corrected chi connectivity index (χ3v) is 3.26. The van der Waals surface area contributed by atoms with Crippen LogP contribution in [0.25, 0.3) is 0 Å². The third kappa shape index (κ3) is 2.64. The Morgan fingerprint density at radius 3 is 2.82 bits per heavy atom. The molecule has 0 aliphatic heterocycles. The highest BCUT2D eigenvalue weighted by molar-refractivity contribution is 7.98. The predicted molar refractivity (Wildman–Crippen MR) is 62.1 cm³/mol. The van der Waals surface area contributed by atoms with Gasteiger partial charge in [0.2, 0.25) is 5.89 Å². The molecule has 0 saturated heterocycles. The molecule has 2 aromatic heterocycles. The lowest BCUT2D eigenvalue weighted by atomic mass is 10.5. The Kier molecular flexibility index (Phi) is 3.75. The molecule has 0 bridgehead atoms. The van der Waals surface area contributed by atoms with Gasteiger partial charge in [0.15, 0.2) is 11.0 Å². The van der Waals surface area contributed by atoms with Gasteiger partial charge < -0.3 is 14.8 Å². The molecule has 17 heavy (non-hydrogen) atoms. The summed E-state index contributed by atoms with van der Waals surface area (Å²) in [6, 6.07) is 0. The number of nitrogens with zero attached hydrogens (tertiary/aromatic N) is 5. The van der Waals surface area contributed by atoms with Gasteiger partial charge >= 0.3 is 0 Å². The Morgan fingerprint density at radius 2 is 2.24 bits per heavy atom. The number of hydrogen-bond donors (Lipinski definition) is 1. The van der Waals surface area contributed by atoms with Crippen molar-refractivity contribution in [2.45, 2.75) is 30.8 Å². The molecule has 0 radical (unpaired) electrons. The smallest absolute Gasteiger partial charge is 0.237 e. The van der Waals surface area contributed by atoms with E-state index in [2.05, 4.69) is 20.3 Å². The summed E-state index contributed by atoms with van der Waals surface area (Å²) in [6.45, 7) is 2.36. The minimum absolute atomic E-state index is 0.380. The van der Waals surface area contributed by atoms with Crippen LogP contribution in [-0.2, 0) is 25.8 Å². The van der Waals surface area contributed by atoms with Crippen molar-refractivity contribution in [2.75, 3.05) is 0 Å². The molecule has 8 heteroatoms. The standard InChI is InChI=1S/C9H14N6OS/c1-3-6-11-8(16-14-6)5-17-9-13-12-7(4-10)15(9)2/h3-5,10H2,1-2H3. The summed E-state index contributed by atoms with van der Waals surface area (Å²) in [7, 11) is 1.88. The second-order valence-corrected chi connectivity index (χ2v) is 4.35. The molecule has 0 spiro atoms. The molecule has 0 amide bonds. The summed E-state index contributed by atoms with van der Waals surface area (Å²) >= 11 is 1.50. The molecule has 0 unspecified atom stereocenters. The van der Waals surface area contributed by atoms with Crippen molar-refractivity contribution in [3.63, 3.8) is 0 Å². The van der Waals surface area contributed by atoms with Crippen molar-refractivity contribution in [3.8, 4) is 0 Å². The first-order chi connectivity index (χ1) is 8.24. The lowest BCUT2D eigenvalue weighted by molar-refractivity contribution is 0.385. The fourth-order valence-corrected chi connectivity index (χ4v) is 2.03. The van der Waals surface area contributed by atoms with E-state index < -0.39 is 0 Å². The first kappa shape index (κ1) is 12.1. The van der Waals surface area contributed by atoms with Crippen LogP contribution in [0, 0.1) is 0 Å². The van der Waals surface area contributed by atoms with Gasteiger partial charge in [-0.25, -0.2) is 0 Å². The van der Waals surface area contributed by atoms with Crippen LogP contribution < -0.4 is 5.73 Å². The third-order valence-electron chi connectivity index (χ3n) is 2.26. The fourth-order valence-electron chi connectivity index (χ4n) is 1.27. The van der Waals surface area contributed by atoms with Gasteiger partial charge in [0.25, 0.3) is 0 Å². The second-order valence-electron chi connectivity index (χ2n) is 3.41. The highest BCUT2D eigenvalue weighted by Crippen LogP contribution is 2.19. The van der Waals surface area contributed by atoms with Crippen LogP contribution in [-0.4, -0.2) is 24.9 Å². The van der Waals surface area contributed by atoms with Crippen molar-refractivity contribution in [2.24, 2.45) is 12.8 Å². The van der Waals surface area contributed by atoms with E-state index in [1.807, 2.05) is 18.5 Å². The summed E-state index contributed by atoms with van der Waals surface area (Å²) in [5, 5.41) is 12.6. The lowest BCUT2D eigenvalue weighted by Gasteiger charge is -1.99. The number of aromatic nitrogens is 5. The van der Waals surface area contributed by atoms with Crippen molar-refractivity contribution in [1.29, 1.82) is 0 Å². The van der Waals surface area contributed by atoms with Gasteiger partial charge in [0, 0.05) is 13.5 Å². The molecule has 2 aromatic rings. The van der Waals surface area contributed by atoms with E-state index in [1.54, 1.807) is 0 Å². The molecule has 2 N–H and O–H groups in total. The highest BCUT2D eigenvalue weighted by atomic mass is 32.2. The summed E-state index contributed by atoms with van der Waals surface area (Å²) < 4.78 is 6.95. The number of aryl methyl sites for hydroxylation is 1. The topological polar surface area (TPSA) is 95.6 Å². The lowest BCUT2D eigenvalue weighted by Crippen LogP contribution is -2.05. The summed E-state index contributed by atoms with van der Waals surface area (Å²) in [5.41, 5.74) is 5.52. The van der Waals surface area contributed by atoms with E-state index in [0.717, 1.165) is 23.2 Å². The quantitative estimate of drug-likeness (QED) is 0.776. The molecule has 2 rings (SSSR count). The molecule has 7 nitrogen and oxygen atoms in total. The zero-order chi connectivity index (χ0) is 12.3. The van der Waals surface area contributed by atoms with Gasteiger partial charge in [-0.1, -0.05) is 23.8 Å². The van der Waals surface area contributed by atoms with Gasteiger partial charge in [-0.15, -0.1) is 10.2 Å². The van der Waals surface area contributed by atoms with Gasteiger partial charge in [-0.3, -0.25) is 0 Å². The molecule has 0 aliphatic rings. The maximum Gasteiger partial charge on any atom is 0.237 e. The molecule has 0 aliphatic carbocycles. The molecule has 0 saturated carbocycles. The van der Waals surface area contributed by atoms with Crippen LogP contribution in [0.5, 0.6) is 0 Å². The minimum Gasteiger partial charge on any atom is -0.338 e. The summed E-state index contributed by atoms with van der Waals surface area (Å²) in [4.78, 5) is 4.22. The van der Waals surface area contributed by atoms with Crippen LogP contribution in [0.1, 0.15) is 24.5 Å². The van der Waals surface area contributed by atoms with E-state index in [1.165, 1.54) is 11.8 Å². The van der Waals surface area contributed by atoms with Crippen LogP contribution in [0.15, 0.2) is 9.68 Å². The van der Waals surface area contributed by atoms with Crippen molar-refractivity contribution < 1.29 is 4.52 Å². The molecule has 2 heterocycles. The Labute approximate surface area is 103 Å². The van der Waals surface area contributed by atoms with Crippen LogP contribution >= 0.6 is 11.8 Å². The van der Waals surface area contributed by atoms with Crippen molar-refractivity contribution in [1.82, 2.24) is 24.9 Å². The van der Waals surface area contributed by atoms with Gasteiger partial charge in [0.05, 0.1) is 12.3 Å². The normalized spacial score (nSPS) is 11.0. The van der Waals surface area contributed by atoms with Gasteiger partial charge in [-0.05, 0) is 0 Å². The molecule has 0 atom stereocenters. The molecule has 92 valence electrons. The minimum atomic E-state index is 0.380. The average molecular weight is 254 g/mol. The van der Waals surface area contributed by atoms with Crippen molar-refractivity contribution >= 4 is 11.8 Å². The predicted octanol–water partition coefficient (Wildman–Crippen LogP) is 0.511. The monoisotopic (exact) mass is 254 g/mol. The van der Waals surface area contributed by atoms with Crippen LogP contribution in [0.4, 0.5) is 0 Å². The maximum absolute atomic E-state index is 5.52. The Hall–Kier alpha value is -1.41. The van der Waals surface area contributed by atoms with Gasteiger partial charge in [0.1, 0.15) is 5.82 Å². The average Bonchev–Trinajstić information content (AvgIpc) is 2.93. The number of nitrogens with two attached hydrogens (primary N) is 1.